The number of carbonyl (C=O) groups excluding carboxylic acids is 1. The van der Waals surface area contributed by atoms with Crippen molar-refractivity contribution in [1.29, 1.82) is 0 Å². The Kier molecular flexibility index (Phi) is 5.17. The van der Waals surface area contributed by atoms with Crippen LogP contribution < -0.4 is 5.32 Å². The van der Waals surface area contributed by atoms with Gasteiger partial charge in [0.2, 0.25) is 0 Å². The molecule has 1 N–H and O–H groups in total. The van der Waals surface area contributed by atoms with Crippen molar-refractivity contribution in [2.75, 3.05) is 5.32 Å². The SMILES string of the molecule is O=C(Nc1ncc(Cc2ccccc2)s1)c1ccc(-c2ccccc2[N+](=O)[O-])o1. The zero-order valence-corrected chi connectivity index (χ0v) is 15.9. The molecule has 8 heteroatoms. The lowest BCUT2D eigenvalue weighted by Crippen LogP contribution is -2.10. The van der Waals surface area contributed by atoms with Gasteiger partial charge in [0, 0.05) is 23.6 Å². The molecular formula is C21H15N3O4S. The van der Waals surface area contributed by atoms with Gasteiger partial charge in [-0.15, -0.1) is 11.3 Å². The second-order valence-corrected chi connectivity index (χ2v) is 7.30. The molecular weight excluding hydrogens is 390 g/mol. The van der Waals surface area contributed by atoms with Crippen LogP contribution in [0.1, 0.15) is 21.0 Å². The maximum Gasteiger partial charge on any atom is 0.293 e. The number of benzene rings is 2. The van der Waals surface area contributed by atoms with Crippen molar-refractivity contribution >= 4 is 28.1 Å². The number of para-hydroxylation sites is 1. The van der Waals surface area contributed by atoms with Crippen molar-refractivity contribution in [2.45, 2.75) is 6.42 Å². The van der Waals surface area contributed by atoms with Gasteiger partial charge in [0.1, 0.15) is 5.76 Å². The first-order chi connectivity index (χ1) is 14.1. The number of hydrogen-bond donors (Lipinski definition) is 1. The number of nitro benzene ring substituents is 1. The lowest BCUT2D eigenvalue weighted by atomic mass is 10.1. The third-order valence-corrected chi connectivity index (χ3v) is 5.10. The summed E-state index contributed by atoms with van der Waals surface area (Å²) in [6.07, 6.45) is 2.46. The van der Waals surface area contributed by atoms with Gasteiger partial charge >= 0.3 is 0 Å². The van der Waals surface area contributed by atoms with Gasteiger partial charge in [-0.3, -0.25) is 20.2 Å². The Morgan fingerprint density at radius 1 is 1.07 bits per heavy atom. The number of hydrogen-bond acceptors (Lipinski definition) is 6. The van der Waals surface area contributed by atoms with E-state index in [1.54, 1.807) is 30.5 Å². The number of anilines is 1. The predicted octanol–water partition coefficient (Wildman–Crippen LogP) is 5.15. The van der Waals surface area contributed by atoms with E-state index in [4.69, 9.17) is 4.42 Å². The first-order valence-electron chi connectivity index (χ1n) is 8.74. The Morgan fingerprint density at radius 3 is 2.62 bits per heavy atom. The van der Waals surface area contributed by atoms with Gasteiger partial charge in [-0.05, 0) is 23.8 Å². The molecule has 0 saturated carbocycles. The monoisotopic (exact) mass is 405 g/mol. The number of aromatic nitrogens is 1. The molecule has 0 unspecified atom stereocenters. The molecule has 0 spiro atoms. The van der Waals surface area contributed by atoms with E-state index in [9.17, 15) is 14.9 Å². The van der Waals surface area contributed by atoms with Gasteiger partial charge in [-0.2, -0.15) is 0 Å². The third-order valence-electron chi connectivity index (χ3n) is 4.19. The first kappa shape index (κ1) is 18.6. The van der Waals surface area contributed by atoms with E-state index in [2.05, 4.69) is 10.3 Å². The minimum Gasteiger partial charge on any atom is -0.451 e. The van der Waals surface area contributed by atoms with Gasteiger partial charge in [0.25, 0.3) is 11.6 Å². The fourth-order valence-electron chi connectivity index (χ4n) is 2.85. The van der Waals surface area contributed by atoms with Crippen LogP contribution in [0.4, 0.5) is 10.8 Å². The van der Waals surface area contributed by atoms with Crippen LogP contribution in [-0.2, 0) is 6.42 Å². The molecule has 2 aromatic carbocycles. The molecule has 0 aliphatic rings. The van der Waals surface area contributed by atoms with Crippen LogP contribution in [0.15, 0.2) is 77.3 Å². The molecule has 0 aliphatic carbocycles. The molecule has 0 radical (unpaired) electrons. The van der Waals surface area contributed by atoms with Gasteiger partial charge in [-0.25, -0.2) is 4.98 Å². The van der Waals surface area contributed by atoms with Crippen molar-refractivity contribution in [3.8, 4) is 11.3 Å². The average Bonchev–Trinajstić information content (AvgIpc) is 3.38. The standard InChI is InChI=1S/C21H15N3O4S/c25-20(23-21-22-13-15(29-21)12-14-6-2-1-3-7-14)19-11-10-18(28-19)16-8-4-5-9-17(16)24(26)27/h1-11,13H,12H2,(H,22,23,25). The summed E-state index contributed by atoms with van der Waals surface area (Å²) in [5.74, 6) is -0.153. The molecule has 0 bridgehead atoms. The summed E-state index contributed by atoms with van der Waals surface area (Å²) in [6.45, 7) is 0. The fraction of sp³-hybridized carbons (Fsp3) is 0.0476. The molecule has 2 aromatic heterocycles. The maximum absolute atomic E-state index is 12.5. The second-order valence-electron chi connectivity index (χ2n) is 6.19. The highest BCUT2D eigenvalue weighted by atomic mass is 32.1. The Bertz CT molecular complexity index is 1170. The summed E-state index contributed by atoms with van der Waals surface area (Å²) in [5, 5.41) is 14.4. The summed E-state index contributed by atoms with van der Waals surface area (Å²) in [5.41, 5.74) is 1.39. The number of rotatable bonds is 6. The molecule has 0 fully saturated rings. The largest absolute Gasteiger partial charge is 0.451 e. The number of thiazole rings is 1. The fourth-order valence-corrected chi connectivity index (χ4v) is 3.69. The zero-order valence-electron chi connectivity index (χ0n) is 15.1. The molecule has 0 aliphatic heterocycles. The number of nitrogens with zero attached hydrogens (tertiary/aromatic N) is 2. The molecule has 144 valence electrons. The maximum atomic E-state index is 12.5. The number of carbonyl (C=O) groups is 1. The molecule has 29 heavy (non-hydrogen) atoms. The molecule has 2 heterocycles. The molecule has 1 amide bonds. The van der Waals surface area contributed by atoms with Crippen molar-refractivity contribution < 1.29 is 14.1 Å². The summed E-state index contributed by atoms with van der Waals surface area (Å²) < 4.78 is 5.56. The lowest BCUT2D eigenvalue weighted by molar-refractivity contribution is -0.384. The van der Waals surface area contributed by atoms with Crippen LogP contribution in [0.5, 0.6) is 0 Å². The lowest BCUT2D eigenvalue weighted by Gasteiger charge is -2.00. The van der Waals surface area contributed by atoms with Crippen molar-refractivity contribution in [3.05, 3.63) is 99.2 Å². The van der Waals surface area contributed by atoms with Crippen LogP contribution in [0, 0.1) is 10.1 Å². The third kappa shape index (κ3) is 4.22. The predicted molar refractivity (Wildman–Crippen MR) is 110 cm³/mol. The minimum atomic E-state index is -0.485. The summed E-state index contributed by atoms with van der Waals surface area (Å²) in [6, 6.07) is 19.2. The Hall–Kier alpha value is -3.78. The number of nitrogens with one attached hydrogen (secondary N) is 1. The Balaban J connectivity index is 1.47. The molecule has 7 nitrogen and oxygen atoms in total. The van der Waals surface area contributed by atoms with Crippen LogP contribution in [-0.4, -0.2) is 15.8 Å². The van der Waals surface area contributed by atoms with Gasteiger partial charge < -0.3 is 4.42 Å². The van der Waals surface area contributed by atoms with Crippen LogP contribution in [0.2, 0.25) is 0 Å². The van der Waals surface area contributed by atoms with Gasteiger partial charge in [0.15, 0.2) is 10.9 Å². The molecule has 0 atom stereocenters. The normalized spacial score (nSPS) is 10.6. The number of furan rings is 1. The van der Waals surface area contributed by atoms with Crippen molar-refractivity contribution in [3.63, 3.8) is 0 Å². The quantitative estimate of drug-likeness (QED) is 0.353. The minimum absolute atomic E-state index is 0.0537. The zero-order chi connectivity index (χ0) is 20.2. The van der Waals surface area contributed by atoms with Gasteiger partial charge in [0.05, 0.1) is 10.5 Å². The highest BCUT2D eigenvalue weighted by Crippen LogP contribution is 2.31. The van der Waals surface area contributed by atoms with E-state index in [1.165, 1.54) is 23.5 Å². The molecule has 4 rings (SSSR count). The topological polar surface area (TPSA) is 98.3 Å². The number of amides is 1. The molecule has 0 saturated heterocycles. The van der Waals surface area contributed by atoms with E-state index in [0.29, 0.717) is 10.7 Å². The van der Waals surface area contributed by atoms with E-state index >= 15 is 0 Å². The van der Waals surface area contributed by atoms with Crippen LogP contribution in [0.25, 0.3) is 11.3 Å². The van der Waals surface area contributed by atoms with Crippen LogP contribution >= 0.6 is 11.3 Å². The average molecular weight is 405 g/mol. The second kappa shape index (κ2) is 8.07. The van der Waals surface area contributed by atoms with Crippen molar-refractivity contribution in [2.24, 2.45) is 0 Å². The molecule has 4 aromatic rings. The highest BCUT2D eigenvalue weighted by molar-refractivity contribution is 7.15. The van der Waals surface area contributed by atoms with E-state index in [1.807, 2.05) is 30.3 Å². The summed E-state index contributed by atoms with van der Waals surface area (Å²) in [7, 11) is 0. The first-order valence-corrected chi connectivity index (χ1v) is 9.55. The number of nitro groups is 1. The summed E-state index contributed by atoms with van der Waals surface area (Å²) in [4.78, 5) is 28.4. The summed E-state index contributed by atoms with van der Waals surface area (Å²) >= 11 is 1.39. The van der Waals surface area contributed by atoms with E-state index in [0.717, 1.165) is 16.9 Å². The smallest absolute Gasteiger partial charge is 0.293 e. The van der Waals surface area contributed by atoms with E-state index in [-0.39, 0.29) is 17.2 Å². The van der Waals surface area contributed by atoms with Crippen molar-refractivity contribution in [1.82, 2.24) is 4.98 Å². The Morgan fingerprint density at radius 2 is 1.83 bits per heavy atom. The Labute approximate surface area is 169 Å². The highest BCUT2D eigenvalue weighted by Gasteiger charge is 2.19. The van der Waals surface area contributed by atoms with Crippen LogP contribution in [0.3, 0.4) is 0 Å². The van der Waals surface area contributed by atoms with Gasteiger partial charge in [-0.1, -0.05) is 42.5 Å². The van der Waals surface area contributed by atoms with E-state index < -0.39 is 10.8 Å².